The smallest absolute Gasteiger partial charge is 0.127 e. The Balaban J connectivity index is 2.41. The second-order valence-electron chi connectivity index (χ2n) is 4.57. The number of ether oxygens (including phenoxy) is 1. The topological polar surface area (TPSA) is 35.2 Å². The Morgan fingerprint density at radius 1 is 1.05 bits per heavy atom. The predicted molar refractivity (Wildman–Crippen MR) is 80.3 cm³/mol. The quantitative estimate of drug-likeness (QED) is 0.870. The molecular formula is C17H21NO. The van der Waals surface area contributed by atoms with Gasteiger partial charge in [-0.25, -0.2) is 0 Å². The zero-order chi connectivity index (χ0) is 13.7. The first-order valence-corrected chi connectivity index (χ1v) is 6.84. The summed E-state index contributed by atoms with van der Waals surface area (Å²) in [6.45, 7) is 4.77. The molecule has 0 aliphatic rings. The average Bonchev–Trinajstić information content (AvgIpc) is 2.47. The van der Waals surface area contributed by atoms with Crippen LogP contribution >= 0.6 is 0 Å². The summed E-state index contributed by atoms with van der Waals surface area (Å²) in [5, 5.41) is 0. The summed E-state index contributed by atoms with van der Waals surface area (Å²) < 4.78 is 5.69. The maximum atomic E-state index is 6.11. The third kappa shape index (κ3) is 3.15. The highest BCUT2D eigenvalue weighted by Gasteiger charge is 2.08. The normalized spacial score (nSPS) is 12.2. The van der Waals surface area contributed by atoms with Gasteiger partial charge in [-0.05, 0) is 36.6 Å². The van der Waals surface area contributed by atoms with Gasteiger partial charge in [-0.2, -0.15) is 0 Å². The van der Waals surface area contributed by atoms with Gasteiger partial charge in [0.15, 0.2) is 0 Å². The van der Waals surface area contributed by atoms with E-state index < -0.39 is 0 Å². The average molecular weight is 255 g/mol. The van der Waals surface area contributed by atoms with E-state index in [1.165, 1.54) is 5.56 Å². The molecule has 2 aromatic carbocycles. The van der Waals surface area contributed by atoms with Crippen molar-refractivity contribution in [3.8, 4) is 16.9 Å². The molecule has 100 valence electrons. The number of hydrogen-bond donors (Lipinski definition) is 1. The van der Waals surface area contributed by atoms with Crippen LogP contribution in [0.25, 0.3) is 11.1 Å². The molecule has 2 heteroatoms. The van der Waals surface area contributed by atoms with E-state index in [1.54, 1.807) is 0 Å². The number of hydrogen-bond acceptors (Lipinski definition) is 2. The summed E-state index contributed by atoms with van der Waals surface area (Å²) in [5.74, 6) is 0.923. The Bertz CT molecular complexity index is 536. The number of nitrogens with two attached hydrogens (primary N) is 1. The summed E-state index contributed by atoms with van der Waals surface area (Å²) in [6, 6.07) is 16.6. The lowest BCUT2D eigenvalue weighted by atomic mass is 9.98. The summed E-state index contributed by atoms with van der Waals surface area (Å²) in [4.78, 5) is 0. The lowest BCUT2D eigenvalue weighted by molar-refractivity contribution is 0.341. The van der Waals surface area contributed by atoms with Gasteiger partial charge in [0.25, 0.3) is 0 Å². The van der Waals surface area contributed by atoms with Crippen LogP contribution in [0.3, 0.4) is 0 Å². The standard InChI is InChI=1S/C17H21NO/c1-3-16(18)14-9-7-8-13(12-14)15-10-5-6-11-17(15)19-4-2/h5-12,16H,3-4,18H2,1-2H3. The van der Waals surface area contributed by atoms with Gasteiger partial charge in [-0.3, -0.25) is 0 Å². The molecule has 1 atom stereocenters. The van der Waals surface area contributed by atoms with Gasteiger partial charge in [0.05, 0.1) is 6.61 Å². The molecule has 0 heterocycles. The molecular weight excluding hydrogens is 234 g/mol. The first-order chi connectivity index (χ1) is 9.26. The summed E-state index contributed by atoms with van der Waals surface area (Å²) in [7, 11) is 0. The fraction of sp³-hybridized carbons (Fsp3) is 0.294. The minimum absolute atomic E-state index is 0.0965. The molecule has 2 aromatic rings. The molecule has 0 aliphatic heterocycles. The van der Waals surface area contributed by atoms with Crippen LogP contribution in [0.4, 0.5) is 0 Å². The second-order valence-corrected chi connectivity index (χ2v) is 4.57. The lowest BCUT2D eigenvalue weighted by Gasteiger charge is -2.13. The monoisotopic (exact) mass is 255 g/mol. The Kier molecular flexibility index (Phi) is 4.58. The van der Waals surface area contributed by atoms with Gasteiger partial charge < -0.3 is 10.5 Å². The SMILES string of the molecule is CCOc1ccccc1-c1cccc(C(N)CC)c1. The highest BCUT2D eigenvalue weighted by Crippen LogP contribution is 2.31. The van der Waals surface area contributed by atoms with E-state index in [9.17, 15) is 0 Å². The van der Waals surface area contributed by atoms with Crippen molar-refractivity contribution < 1.29 is 4.74 Å². The van der Waals surface area contributed by atoms with Crippen LogP contribution in [-0.4, -0.2) is 6.61 Å². The van der Waals surface area contributed by atoms with Crippen LogP contribution in [-0.2, 0) is 0 Å². The van der Waals surface area contributed by atoms with E-state index in [1.807, 2.05) is 25.1 Å². The maximum absolute atomic E-state index is 6.11. The fourth-order valence-electron chi connectivity index (χ4n) is 2.16. The molecule has 0 saturated heterocycles. The van der Waals surface area contributed by atoms with Gasteiger partial charge >= 0.3 is 0 Å². The molecule has 1 unspecified atom stereocenters. The van der Waals surface area contributed by atoms with Crippen molar-refractivity contribution in [2.45, 2.75) is 26.3 Å². The second kappa shape index (κ2) is 6.39. The Hall–Kier alpha value is -1.80. The summed E-state index contributed by atoms with van der Waals surface area (Å²) >= 11 is 0. The van der Waals surface area contributed by atoms with Crippen molar-refractivity contribution in [3.05, 3.63) is 54.1 Å². The van der Waals surface area contributed by atoms with Crippen LogP contribution in [0.15, 0.2) is 48.5 Å². The van der Waals surface area contributed by atoms with E-state index in [0.717, 1.165) is 23.3 Å². The minimum atomic E-state index is 0.0965. The first kappa shape index (κ1) is 13.6. The highest BCUT2D eigenvalue weighted by molar-refractivity contribution is 5.71. The van der Waals surface area contributed by atoms with Crippen molar-refractivity contribution in [1.29, 1.82) is 0 Å². The van der Waals surface area contributed by atoms with Gasteiger partial charge in [-0.15, -0.1) is 0 Å². The van der Waals surface area contributed by atoms with Crippen LogP contribution < -0.4 is 10.5 Å². The van der Waals surface area contributed by atoms with E-state index in [4.69, 9.17) is 10.5 Å². The molecule has 0 aromatic heterocycles. The highest BCUT2D eigenvalue weighted by atomic mass is 16.5. The third-order valence-electron chi connectivity index (χ3n) is 3.25. The number of benzene rings is 2. The zero-order valence-corrected chi connectivity index (χ0v) is 11.6. The van der Waals surface area contributed by atoms with Crippen LogP contribution in [0.5, 0.6) is 5.75 Å². The zero-order valence-electron chi connectivity index (χ0n) is 11.6. The molecule has 2 N–H and O–H groups in total. The number of para-hydroxylation sites is 1. The molecule has 2 rings (SSSR count). The van der Waals surface area contributed by atoms with Crippen molar-refractivity contribution in [2.24, 2.45) is 5.73 Å². The molecule has 0 bridgehead atoms. The largest absolute Gasteiger partial charge is 0.493 e. The molecule has 0 saturated carbocycles. The van der Waals surface area contributed by atoms with Crippen molar-refractivity contribution in [3.63, 3.8) is 0 Å². The third-order valence-corrected chi connectivity index (χ3v) is 3.25. The van der Waals surface area contributed by atoms with Gasteiger partial charge in [0.2, 0.25) is 0 Å². The van der Waals surface area contributed by atoms with E-state index in [0.29, 0.717) is 6.61 Å². The van der Waals surface area contributed by atoms with Crippen LogP contribution in [0.1, 0.15) is 31.9 Å². The van der Waals surface area contributed by atoms with Crippen molar-refractivity contribution in [1.82, 2.24) is 0 Å². The van der Waals surface area contributed by atoms with Crippen LogP contribution in [0.2, 0.25) is 0 Å². The Morgan fingerprint density at radius 2 is 1.84 bits per heavy atom. The molecule has 19 heavy (non-hydrogen) atoms. The summed E-state index contributed by atoms with van der Waals surface area (Å²) in [6.07, 6.45) is 0.941. The molecule has 0 fully saturated rings. The van der Waals surface area contributed by atoms with Crippen LogP contribution in [0, 0.1) is 0 Å². The molecule has 0 radical (unpaired) electrons. The molecule has 0 amide bonds. The summed E-state index contributed by atoms with van der Waals surface area (Å²) in [5.41, 5.74) is 9.56. The fourth-order valence-corrected chi connectivity index (χ4v) is 2.16. The molecule has 0 spiro atoms. The van der Waals surface area contributed by atoms with Crippen molar-refractivity contribution in [2.75, 3.05) is 6.61 Å². The minimum Gasteiger partial charge on any atom is -0.493 e. The lowest BCUT2D eigenvalue weighted by Crippen LogP contribution is -2.08. The van der Waals surface area contributed by atoms with Gasteiger partial charge in [0.1, 0.15) is 5.75 Å². The van der Waals surface area contributed by atoms with E-state index >= 15 is 0 Å². The molecule has 2 nitrogen and oxygen atoms in total. The first-order valence-electron chi connectivity index (χ1n) is 6.84. The van der Waals surface area contributed by atoms with Crippen molar-refractivity contribution >= 4 is 0 Å². The Morgan fingerprint density at radius 3 is 2.58 bits per heavy atom. The van der Waals surface area contributed by atoms with E-state index in [2.05, 4.69) is 37.3 Å². The van der Waals surface area contributed by atoms with Gasteiger partial charge in [-0.1, -0.05) is 43.3 Å². The maximum Gasteiger partial charge on any atom is 0.127 e. The molecule has 0 aliphatic carbocycles. The van der Waals surface area contributed by atoms with Gasteiger partial charge in [0, 0.05) is 11.6 Å². The predicted octanol–water partition coefficient (Wildman–Crippen LogP) is 4.16. The Labute approximate surface area is 115 Å². The van der Waals surface area contributed by atoms with E-state index in [-0.39, 0.29) is 6.04 Å². The number of rotatable bonds is 5.